The lowest BCUT2D eigenvalue weighted by atomic mass is 9.88. The van der Waals surface area contributed by atoms with Crippen molar-refractivity contribution in [3.8, 4) is 0 Å². The van der Waals surface area contributed by atoms with E-state index in [0.717, 1.165) is 40.9 Å². The molecule has 2 saturated carbocycles. The van der Waals surface area contributed by atoms with Crippen molar-refractivity contribution in [2.24, 2.45) is 17.8 Å². The van der Waals surface area contributed by atoms with E-state index in [1.807, 2.05) is 0 Å². The Morgan fingerprint density at radius 2 is 2.05 bits per heavy atom. The smallest absolute Gasteiger partial charge is 0.144 e. The minimum absolute atomic E-state index is 0.597. The summed E-state index contributed by atoms with van der Waals surface area (Å²) in [6.45, 7) is 7.51. The molecule has 3 nitrogen and oxygen atoms in total. The number of hydrogen-bond donors (Lipinski definition) is 1. The second-order valence-corrected chi connectivity index (χ2v) is 7.89. The van der Waals surface area contributed by atoms with Crippen molar-refractivity contribution >= 4 is 21.7 Å². The third kappa shape index (κ3) is 3.10. The van der Waals surface area contributed by atoms with Gasteiger partial charge in [0.05, 0.1) is 10.2 Å². The van der Waals surface area contributed by atoms with Crippen LogP contribution in [-0.2, 0) is 6.42 Å². The number of anilines is 1. The zero-order valence-electron chi connectivity index (χ0n) is 13.3. The molecule has 3 rings (SSSR count). The van der Waals surface area contributed by atoms with E-state index >= 15 is 0 Å². The number of nitrogens with one attached hydrogen (secondary N) is 1. The minimum Gasteiger partial charge on any atom is -0.369 e. The Morgan fingerprint density at radius 3 is 2.62 bits per heavy atom. The molecule has 116 valence electrons. The normalized spacial score (nSPS) is 27.6. The van der Waals surface area contributed by atoms with Crippen LogP contribution in [0.2, 0.25) is 0 Å². The van der Waals surface area contributed by atoms with Crippen LogP contribution in [0.5, 0.6) is 0 Å². The zero-order chi connectivity index (χ0) is 15.0. The highest BCUT2D eigenvalue weighted by Gasteiger charge is 2.41. The van der Waals surface area contributed by atoms with Crippen LogP contribution in [-0.4, -0.2) is 16.5 Å². The van der Waals surface area contributed by atoms with Gasteiger partial charge in [0.1, 0.15) is 11.6 Å². The Labute approximate surface area is 136 Å². The summed E-state index contributed by atoms with van der Waals surface area (Å²) in [7, 11) is 0. The molecule has 0 aliphatic heterocycles. The van der Waals surface area contributed by atoms with Gasteiger partial charge in [-0.2, -0.15) is 0 Å². The van der Waals surface area contributed by atoms with Crippen LogP contribution in [0.3, 0.4) is 0 Å². The fraction of sp³-hybridized carbons (Fsp3) is 0.765. The van der Waals surface area contributed by atoms with Gasteiger partial charge in [-0.15, -0.1) is 0 Å². The summed E-state index contributed by atoms with van der Waals surface area (Å²) in [4.78, 5) is 9.82. The monoisotopic (exact) mass is 351 g/mol. The van der Waals surface area contributed by atoms with Gasteiger partial charge >= 0.3 is 0 Å². The Bertz CT molecular complexity index is 515. The number of halogens is 1. The predicted octanol–water partition coefficient (Wildman–Crippen LogP) is 4.77. The van der Waals surface area contributed by atoms with Gasteiger partial charge in [-0.3, -0.25) is 0 Å². The fourth-order valence-corrected chi connectivity index (χ4v) is 4.53. The zero-order valence-corrected chi connectivity index (χ0v) is 14.9. The summed E-state index contributed by atoms with van der Waals surface area (Å²) in [6, 6.07) is 0. The molecular formula is C17H26BrN3. The molecule has 3 unspecified atom stereocenters. The molecule has 1 N–H and O–H groups in total. The summed E-state index contributed by atoms with van der Waals surface area (Å²) >= 11 is 3.71. The van der Waals surface area contributed by atoms with Crippen molar-refractivity contribution in [3.63, 3.8) is 0 Å². The first-order chi connectivity index (χ1) is 10.1. The predicted molar refractivity (Wildman–Crippen MR) is 90.6 cm³/mol. The summed E-state index contributed by atoms with van der Waals surface area (Å²) in [5.74, 6) is 5.05. The van der Waals surface area contributed by atoms with Crippen LogP contribution in [0.15, 0.2) is 4.47 Å². The lowest BCUT2D eigenvalue weighted by molar-refractivity contribution is 0.404. The van der Waals surface area contributed by atoms with Crippen LogP contribution in [0.25, 0.3) is 0 Å². The van der Waals surface area contributed by atoms with Crippen molar-refractivity contribution in [2.45, 2.75) is 58.8 Å². The SMILES string of the molecule is CCNc1nc(C2CC3CCC2C3)nc(CC(C)C)c1Br. The van der Waals surface area contributed by atoms with Crippen molar-refractivity contribution in [1.29, 1.82) is 0 Å². The maximum atomic E-state index is 4.96. The van der Waals surface area contributed by atoms with Crippen LogP contribution in [0.4, 0.5) is 5.82 Å². The van der Waals surface area contributed by atoms with Crippen molar-refractivity contribution in [2.75, 3.05) is 11.9 Å². The molecule has 0 aromatic carbocycles. The van der Waals surface area contributed by atoms with Gasteiger partial charge in [-0.05, 0) is 66.3 Å². The molecule has 3 atom stereocenters. The van der Waals surface area contributed by atoms with E-state index in [4.69, 9.17) is 9.97 Å². The molecule has 1 aromatic heterocycles. The molecule has 1 aromatic rings. The molecule has 2 aliphatic carbocycles. The number of hydrogen-bond acceptors (Lipinski definition) is 3. The molecule has 2 bridgehead atoms. The molecule has 21 heavy (non-hydrogen) atoms. The van der Waals surface area contributed by atoms with E-state index in [2.05, 4.69) is 42.0 Å². The number of aromatic nitrogens is 2. The van der Waals surface area contributed by atoms with Crippen LogP contribution < -0.4 is 5.32 Å². The molecule has 0 spiro atoms. The molecule has 1 heterocycles. The van der Waals surface area contributed by atoms with Crippen LogP contribution in [0, 0.1) is 17.8 Å². The van der Waals surface area contributed by atoms with Crippen molar-refractivity contribution < 1.29 is 0 Å². The van der Waals surface area contributed by atoms with Crippen LogP contribution in [0.1, 0.15) is 63.9 Å². The van der Waals surface area contributed by atoms with Crippen molar-refractivity contribution in [1.82, 2.24) is 9.97 Å². The van der Waals surface area contributed by atoms with Gasteiger partial charge in [0.15, 0.2) is 0 Å². The molecule has 0 saturated heterocycles. The maximum Gasteiger partial charge on any atom is 0.144 e. The second kappa shape index (κ2) is 6.23. The molecule has 0 amide bonds. The lowest BCUT2D eigenvalue weighted by Gasteiger charge is -2.22. The first-order valence-corrected chi connectivity index (χ1v) is 9.18. The Morgan fingerprint density at radius 1 is 1.24 bits per heavy atom. The fourth-order valence-electron chi connectivity index (χ4n) is 4.05. The van der Waals surface area contributed by atoms with E-state index in [9.17, 15) is 0 Å². The second-order valence-electron chi connectivity index (χ2n) is 7.10. The van der Waals surface area contributed by atoms with Crippen molar-refractivity contribution in [3.05, 3.63) is 16.0 Å². The van der Waals surface area contributed by atoms with E-state index in [0.29, 0.717) is 11.8 Å². The summed E-state index contributed by atoms with van der Waals surface area (Å²) < 4.78 is 1.06. The average Bonchev–Trinajstić information content (AvgIpc) is 3.05. The average molecular weight is 352 g/mol. The topological polar surface area (TPSA) is 37.8 Å². The molecule has 4 heteroatoms. The molecule has 2 aliphatic rings. The number of nitrogens with zero attached hydrogens (tertiary/aromatic N) is 2. The Kier molecular flexibility index (Phi) is 4.53. The third-order valence-electron chi connectivity index (χ3n) is 4.95. The number of fused-ring (bicyclic) bond motifs is 2. The van der Waals surface area contributed by atoms with E-state index in [1.54, 1.807) is 0 Å². The molecule has 2 fully saturated rings. The Balaban J connectivity index is 1.93. The first-order valence-electron chi connectivity index (χ1n) is 8.38. The van der Waals surface area contributed by atoms with Crippen LogP contribution >= 0.6 is 15.9 Å². The van der Waals surface area contributed by atoms with Gasteiger partial charge in [-0.25, -0.2) is 9.97 Å². The summed E-state index contributed by atoms with van der Waals surface area (Å²) in [6.07, 6.45) is 6.52. The maximum absolute atomic E-state index is 4.96. The highest BCUT2D eigenvalue weighted by molar-refractivity contribution is 9.10. The number of rotatable bonds is 5. The van der Waals surface area contributed by atoms with E-state index in [1.165, 1.54) is 31.4 Å². The highest BCUT2D eigenvalue weighted by Crippen LogP contribution is 2.52. The lowest BCUT2D eigenvalue weighted by Crippen LogP contribution is -2.16. The first kappa shape index (κ1) is 15.3. The van der Waals surface area contributed by atoms with E-state index < -0.39 is 0 Å². The minimum atomic E-state index is 0.597. The molecular weight excluding hydrogens is 326 g/mol. The summed E-state index contributed by atoms with van der Waals surface area (Å²) in [5, 5.41) is 3.40. The van der Waals surface area contributed by atoms with Gasteiger partial charge < -0.3 is 5.32 Å². The Hall–Kier alpha value is -0.640. The van der Waals surface area contributed by atoms with Gasteiger partial charge in [-0.1, -0.05) is 20.3 Å². The molecule has 0 radical (unpaired) electrons. The van der Waals surface area contributed by atoms with Gasteiger partial charge in [0.2, 0.25) is 0 Å². The van der Waals surface area contributed by atoms with Gasteiger partial charge in [0.25, 0.3) is 0 Å². The standard InChI is InChI=1S/C17H26BrN3/c1-4-19-17-15(18)14(7-10(2)3)20-16(21-17)13-9-11-5-6-12(13)8-11/h10-13H,4-9H2,1-3H3,(H,19,20,21). The third-order valence-corrected chi connectivity index (χ3v) is 5.79. The largest absolute Gasteiger partial charge is 0.369 e. The van der Waals surface area contributed by atoms with E-state index in [-0.39, 0.29) is 0 Å². The van der Waals surface area contributed by atoms with Gasteiger partial charge in [0, 0.05) is 12.5 Å². The highest BCUT2D eigenvalue weighted by atomic mass is 79.9. The quantitative estimate of drug-likeness (QED) is 0.829. The summed E-state index contributed by atoms with van der Waals surface area (Å²) in [5.41, 5.74) is 1.17.